The van der Waals surface area contributed by atoms with Gasteiger partial charge in [-0.2, -0.15) is 0 Å². The van der Waals surface area contributed by atoms with E-state index in [9.17, 15) is 4.79 Å². The van der Waals surface area contributed by atoms with Crippen molar-refractivity contribution in [2.75, 3.05) is 31.2 Å². The molecule has 0 unspecified atom stereocenters. The Hall–Kier alpha value is -2.47. The predicted octanol–water partition coefficient (Wildman–Crippen LogP) is 1.55. The van der Waals surface area contributed by atoms with Crippen LogP contribution in [0.15, 0.2) is 36.7 Å². The van der Waals surface area contributed by atoms with E-state index in [1.165, 1.54) is 6.20 Å². The molecule has 0 spiro atoms. The summed E-state index contributed by atoms with van der Waals surface area (Å²) >= 11 is 0. The first-order chi connectivity index (χ1) is 11.2. The number of hydrogen-bond donors (Lipinski definition) is 1. The third kappa shape index (κ3) is 3.84. The van der Waals surface area contributed by atoms with Crippen LogP contribution in [0.25, 0.3) is 0 Å². The van der Waals surface area contributed by atoms with Gasteiger partial charge in [0.2, 0.25) is 0 Å². The number of aromatic nitrogens is 2. The van der Waals surface area contributed by atoms with E-state index in [4.69, 9.17) is 4.74 Å². The molecule has 0 radical (unpaired) electrons. The number of nitrogens with zero attached hydrogens (tertiary/aromatic N) is 3. The van der Waals surface area contributed by atoms with Crippen LogP contribution in [0.4, 0.5) is 5.82 Å². The Morgan fingerprint density at radius 2 is 2.00 bits per heavy atom. The molecule has 1 aliphatic rings. The highest BCUT2D eigenvalue weighted by Gasteiger charge is 2.14. The molecule has 23 heavy (non-hydrogen) atoms. The summed E-state index contributed by atoms with van der Waals surface area (Å²) in [7, 11) is 0. The van der Waals surface area contributed by atoms with Crippen LogP contribution in [0.3, 0.4) is 0 Å². The minimum Gasteiger partial charge on any atom is -0.378 e. The van der Waals surface area contributed by atoms with Crippen LogP contribution in [-0.4, -0.2) is 42.2 Å². The molecular formula is C17H20N4O2. The second kappa shape index (κ2) is 7.19. The van der Waals surface area contributed by atoms with Crippen molar-refractivity contribution in [1.82, 2.24) is 15.3 Å². The summed E-state index contributed by atoms with van der Waals surface area (Å²) < 4.78 is 5.31. The normalized spacial score (nSPS) is 14.6. The third-order valence-corrected chi connectivity index (χ3v) is 3.91. The Labute approximate surface area is 135 Å². The van der Waals surface area contributed by atoms with Gasteiger partial charge in [0.15, 0.2) is 0 Å². The highest BCUT2D eigenvalue weighted by molar-refractivity contribution is 5.92. The number of nitrogens with one attached hydrogen (secondary N) is 1. The Kier molecular flexibility index (Phi) is 4.83. The lowest BCUT2D eigenvalue weighted by atomic mass is 10.1. The number of benzene rings is 1. The number of carbonyl (C=O) groups excluding carboxylic acids is 1. The number of amides is 1. The molecule has 1 saturated heterocycles. The van der Waals surface area contributed by atoms with Crippen LogP contribution < -0.4 is 10.2 Å². The SMILES string of the molecule is Cc1ccccc1CNC(=O)c1cnc(N2CCOCC2)cn1. The molecule has 6 nitrogen and oxygen atoms in total. The second-order valence-corrected chi connectivity index (χ2v) is 5.47. The van der Waals surface area contributed by atoms with Crippen molar-refractivity contribution < 1.29 is 9.53 Å². The molecule has 1 aromatic carbocycles. The molecule has 2 aromatic rings. The first-order valence-corrected chi connectivity index (χ1v) is 7.71. The van der Waals surface area contributed by atoms with Gasteiger partial charge in [-0.25, -0.2) is 9.97 Å². The van der Waals surface area contributed by atoms with E-state index < -0.39 is 0 Å². The lowest BCUT2D eigenvalue weighted by molar-refractivity contribution is 0.0945. The molecular weight excluding hydrogens is 292 g/mol. The van der Waals surface area contributed by atoms with Crippen LogP contribution in [0.5, 0.6) is 0 Å². The Morgan fingerprint density at radius 3 is 2.70 bits per heavy atom. The van der Waals surface area contributed by atoms with Crippen molar-refractivity contribution in [3.8, 4) is 0 Å². The summed E-state index contributed by atoms with van der Waals surface area (Å²) in [6.07, 6.45) is 3.17. The van der Waals surface area contributed by atoms with E-state index in [1.807, 2.05) is 31.2 Å². The van der Waals surface area contributed by atoms with E-state index in [1.54, 1.807) is 6.20 Å². The Balaban J connectivity index is 1.60. The van der Waals surface area contributed by atoms with Crippen LogP contribution in [0.2, 0.25) is 0 Å². The fraction of sp³-hybridized carbons (Fsp3) is 0.353. The van der Waals surface area contributed by atoms with Crippen molar-refractivity contribution in [2.24, 2.45) is 0 Å². The van der Waals surface area contributed by atoms with Crippen LogP contribution in [-0.2, 0) is 11.3 Å². The molecule has 1 aliphatic heterocycles. The minimum atomic E-state index is -0.214. The standard InChI is InChI=1S/C17H20N4O2/c1-13-4-2-3-5-14(13)10-20-17(22)15-11-19-16(12-18-15)21-6-8-23-9-7-21/h2-5,11-12H,6-10H2,1H3,(H,20,22). The number of rotatable bonds is 4. The molecule has 1 fully saturated rings. The molecule has 1 N–H and O–H groups in total. The summed E-state index contributed by atoms with van der Waals surface area (Å²) in [6.45, 7) is 5.50. The topological polar surface area (TPSA) is 67.4 Å². The molecule has 1 aromatic heterocycles. The van der Waals surface area contributed by atoms with Crippen LogP contribution in [0.1, 0.15) is 21.6 Å². The number of hydrogen-bond acceptors (Lipinski definition) is 5. The zero-order valence-corrected chi connectivity index (χ0v) is 13.2. The number of anilines is 1. The van der Waals surface area contributed by atoms with E-state index in [0.717, 1.165) is 30.0 Å². The molecule has 0 saturated carbocycles. The molecule has 0 aliphatic carbocycles. The highest BCUT2D eigenvalue weighted by atomic mass is 16.5. The maximum Gasteiger partial charge on any atom is 0.271 e. The third-order valence-electron chi connectivity index (χ3n) is 3.91. The summed E-state index contributed by atoms with van der Waals surface area (Å²) in [6, 6.07) is 7.98. The highest BCUT2D eigenvalue weighted by Crippen LogP contribution is 2.11. The molecule has 6 heteroatoms. The average molecular weight is 312 g/mol. The summed E-state index contributed by atoms with van der Waals surface area (Å²) in [5.74, 6) is 0.568. The number of ether oxygens (including phenoxy) is 1. The number of carbonyl (C=O) groups is 1. The fourth-order valence-electron chi connectivity index (χ4n) is 2.47. The average Bonchev–Trinajstić information content (AvgIpc) is 2.62. The zero-order chi connectivity index (χ0) is 16.1. The molecule has 0 atom stereocenters. The van der Waals surface area contributed by atoms with Crippen LogP contribution in [0, 0.1) is 6.92 Å². The lowest BCUT2D eigenvalue weighted by Crippen LogP contribution is -2.37. The fourth-order valence-corrected chi connectivity index (χ4v) is 2.47. The maximum absolute atomic E-state index is 12.2. The lowest BCUT2D eigenvalue weighted by Gasteiger charge is -2.27. The quantitative estimate of drug-likeness (QED) is 0.928. The van der Waals surface area contributed by atoms with E-state index >= 15 is 0 Å². The Morgan fingerprint density at radius 1 is 1.22 bits per heavy atom. The van der Waals surface area contributed by atoms with E-state index in [0.29, 0.717) is 25.5 Å². The first-order valence-electron chi connectivity index (χ1n) is 7.71. The van der Waals surface area contributed by atoms with Crippen molar-refractivity contribution in [2.45, 2.75) is 13.5 Å². The smallest absolute Gasteiger partial charge is 0.271 e. The van der Waals surface area contributed by atoms with Gasteiger partial charge in [-0.15, -0.1) is 0 Å². The summed E-state index contributed by atoms with van der Waals surface area (Å²) in [5.41, 5.74) is 2.58. The predicted molar refractivity (Wildman–Crippen MR) is 87.4 cm³/mol. The summed E-state index contributed by atoms with van der Waals surface area (Å²) in [5, 5.41) is 2.88. The number of morpholine rings is 1. The molecule has 0 bridgehead atoms. The van der Waals surface area contributed by atoms with Crippen molar-refractivity contribution in [3.05, 3.63) is 53.5 Å². The zero-order valence-electron chi connectivity index (χ0n) is 13.2. The van der Waals surface area contributed by atoms with Gasteiger partial charge in [-0.05, 0) is 18.1 Å². The minimum absolute atomic E-state index is 0.214. The molecule has 120 valence electrons. The van der Waals surface area contributed by atoms with Gasteiger partial charge in [-0.1, -0.05) is 24.3 Å². The maximum atomic E-state index is 12.2. The van der Waals surface area contributed by atoms with Crippen molar-refractivity contribution >= 4 is 11.7 Å². The van der Waals surface area contributed by atoms with Gasteiger partial charge in [0, 0.05) is 19.6 Å². The largest absolute Gasteiger partial charge is 0.378 e. The van der Waals surface area contributed by atoms with Crippen molar-refractivity contribution in [1.29, 1.82) is 0 Å². The van der Waals surface area contributed by atoms with Gasteiger partial charge in [0.05, 0.1) is 25.6 Å². The molecule has 1 amide bonds. The van der Waals surface area contributed by atoms with Gasteiger partial charge in [-0.3, -0.25) is 4.79 Å². The van der Waals surface area contributed by atoms with Gasteiger partial charge in [0.25, 0.3) is 5.91 Å². The second-order valence-electron chi connectivity index (χ2n) is 5.47. The summed E-state index contributed by atoms with van der Waals surface area (Å²) in [4.78, 5) is 22.8. The molecule has 2 heterocycles. The van der Waals surface area contributed by atoms with Gasteiger partial charge < -0.3 is 15.0 Å². The van der Waals surface area contributed by atoms with Gasteiger partial charge in [0.1, 0.15) is 11.5 Å². The first kappa shape index (κ1) is 15.4. The van der Waals surface area contributed by atoms with E-state index in [-0.39, 0.29) is 5.91 Å². The van der Waals surface area contributed by atoms with Crippen LogP contribution >= 0.6 is 0 Å². The van der Waals surface area contributed by atoms with Gasteiger partial charge >= 0.3 is 0 Å². The number of aryl methyl sites for hydroxylation is 1. The van der Waals surface area contributed by atoms with E-state index in [2.05, 4.69) is 20.2 Å². The molecule has 3 rings (SSSR count). The van der Waals surface area contributed by atoms with Crippen molar-refractivity contribution in [3.63, 3.8) is 0 Å². The Bertz CT molecular complexity index is 667. The monoisotopic (exact) mass is 312 g/mol.